The second-order valence-electron chi connectivity index (χ2n) is 5.69. The second-order valence-corrected chi connectivity index (χ2v) is 5.69. The van der Waals surface area contributed by atoms with Crippen LogP contribution in [0.4, 0.5) is 0 Å². The van der Waals surface area contributed by atoms with Crippen LogP contribution in [0.15, 0.2) is 0 Å². The zero-order valence-corrected chi connectivity index (χ0v) is 12.0. The Morgan fingerprint density at radius 3 is 2.61 bits per heavy atom. The molecule has 0 aromatic heterocycles. The highest BCUT2D eigenvalue weighted by Gasteiger charge is 2.36. The lowest BCUT2D eigenvalue weighted by molar-refractivity contribution is -0.135. The molecule has 0 spiro atoms. The molecule has 0 aliphatic carbocycles. The van der Waals surface area contributed by atoms with Crippen molar-refractivity contribution in [1.82, 2.24) is 15.1 Å². The average Bonchev–Trinajstić information content (AvgIpc) is 2.99. The molecule has 3 atom stereocenters. The van der Waals surface area contributed by atoms with Crippen LogP contribution in [0.2, 0.25) is 0 Å². The smallest absolute Gasteiger partial charge is 0.227 e. The van der Waals surface area contributed by atoms with Gasteiger partial charge in [-0.25, -0.2) is 0 Å². The SMILES string of the molecule is CCN(CC)C1CCN(C(=O)C2CNCC2C)C1. The van der Waals surface area contributed by atoms with Crippen LogP contribution in [0.3, 0.4) is 0 Å². The maximum absolute atomic E-state index is 12.5. The normalized spacial score (nSPS) is 32.4. The standard InChI is InChI=1S/C14H27N3O/c1-4-16(5-2)12-6-7-17(10-12)14(18)13-9-15-8-11(13)3/h11-13,15H,4-10H2,1-3H3. The topological polar surface area (TPSA) is 35.6 Å². The summed E-state index contributed by atoms with van der Waals surface area (Å²) in [5.41, 5.74) is 0. The van der Waals surface area contributed by atoms with Gasteiger partial charge in [-0.05, 0) is 32.0 Å². The molecule has 18 heavy (non-hydrogen) atoms. The summed E-state index contributed by atoms with van der Waals surface area (Å²) in [7, 11) is 0. The van der Waals surface area contributed by atoms with Gasteiger partial charge in [0.25, 0.3) is 0 Å². The first-order valence-corrected chi connectivity index (χ1v) is 7.40. The Morgan fingerprint density at radius 2 is 2.06 bits per heavy atom. The Hall–Kier alpha value is -0.610. The first kappa shape index (κ1) is 13.8. The summed E-state index contributed by atoms with van der Waals surface area (Å²) in [6.45, 7) is 12.5. The monoisotopic (exact) mass is 253 g/mol. The molecule has 4 heteroatoms. The third-order valence-corrected chi connectivity index (χ3v) is 4.64. The molecule has 4 nitrogen and oxygen atoms in total. The number of likely N-dealkylation sites (tertiary alicyclic amines) is 1. The van der Waals surface area contributed by atoms with Crippen LogP contribution in [0.25, 0.3) is 0 Å². The third-order valence-electron chi connectivity index (χ3n) is 4.64. The molecule has 2 aliphatic heterocycles. The first-order valence-electron chi connectivity index (χ1n) is 7.40. The minimum absolute atomic E-state index is 0.209. The van der Waals surface area contributed by atoms with E-state index in [0.29, 0.717) is 17.9 Å². The molecule has 3 unspecified atom stereocenters. The number of rotatable bonds is 4. The van der Waals surface area contributed by atoms with E-state index in [4.69, 9.17) is 0 Å². The van der Waals surface area contributed by atoms with Gasteiger partial charge in [0.15, 0.2) is 0 Å². The van der Waals surface area contributed by atoms with Gasteiger partial charge in [-0.2, -0.15) is 0 Å². The van der Waals surface area contributed by atoms with Crippen molar-refractivity contribution in [2.75, 3.05) is 39.3 Å². The summed E-state index contributed by atoms with van der Waals surface area (Å²) in [6, 6.07) is 0.577. The highest BCUT2D eigenvalue weighted by Crippen LogP contribution is 2.23. The first-order chi connectivity index (χ1) is 8.67. The number of carbonyl (C=O) groups is 1. The number of amides is 1. The van der Waals surface area contributed by atoms with Crippen LogP contribution in [-0.4, -0.2) is 61.0 Å². The second kappa shape index (κ2) is 6.02. The van der Waals surface area contributed by atoms with Gasteiger partial charge in [-0.15, -0.1) is 0 Å². The van der Waals surface area contributed by atoms with Gasteiger partial charge < -0.3 is 10.2 Å². The van der Waals surface area contributed by atoms with Crippen molar-refractivity contribution >= 4 is 5.91 Å². The molecular weight excluding hydrogens is 226 g/mol. The summed E-state index contributed by atoms with van der Waals surface area (Å²) in [5, 5.41) is 3.32. The number of hydrogen-bond donors (Lipinski definition) is 1. The fourth-order valence-corrected chi connectivity index (χ4v) is 3.36. The van der Waals surface area contributed by atoms with Gasteiger partial charge in [0, 0.05) is 25.7 Å². The Labute approximate surface area is 111 Å². The van der Waals surface area contributed by atoms with Crippen molar-refractivity contribution in [3.63, 3.8) is 0 Å². The highest BCUT2D eigenvalue weighted by molar-refractivity contribution is 5.80. The van der Waals surface area contributed by atoms with Crippen LogP contribution in [-0.2, 0) is 4.79 Å². The predicted octanol–water partition coefficient (Wildman–Crippen LogP) is 0.785. The van der Waals surface area contributed by atoms with Gasteiger partial charge in [0.2, 0.25) is 5.91 Å². The lowest BCUT2D eigenvalue weighted by atomic mass is 9.97. The van der Waals surface area contributed by atoms with Crippen LogP contribution < -0.4 is 5.32 Å². The van der Waals surface area contributed by atoms with E-state index in [1.807, 2.05) is 0 Å². The number of likely N-dealkylation sites (N-methyl/N-ethyl adjacent to an activating group) is 1. The van der Waals surface area contributed by atoms with Crippen LogP contribution in [0, 0.1) is 11.8 Å². The van der Waals surface area contributed by atoms with E-state index in [2.05, 4.69) is 35.9 Å². The molecule has 0 aromatic carbocycles. The molecule has 2 saturated heterocycles. The number of nitrogens with zero attached hydrogens (tertiary/aromatic N) is 2. The lowest BCUT2D eigenvalue weighted by Crippen LogP contribution is -2.41. The Balaban J connectivity index is 1.90. The summed E-state index contributed by atoms with van der Waals surface area (Å²) in [5.74, 6) is 1.08. The van der Waals surface area contributed by atoms with E-state index in [0.717, 1.165) is 45.7 Å². The molecule has 0 saturated carbocycles. The summed E-state index contributed by atoms with van der Waals surface area (Å²) in [6.07, 6.45) is 1.14. The van der Waals surface area contributed by atoms with Crippen molar-refractivity contribution in [3.8, 4) is 0 Å². The van der Waals surface area contributed by atoms with Crippen LogP contribution in [0.5, 0.6) is 0 Å². The quantitative estimate of drug-likeness (QED) is 0.804. The molecule has 104 valence electrons. The van der Waals surface area contributed by atoms with Crippen molar-refractivity contribution < 1.29 is 4.79 Å². The predicted molar refractivity (Wildman–Crippen MR) is 73.4 cm³/mol. The molecule has 2 aliphatic rings. The van der Waals surface area contributed by atoms with Gasteiger partial charge in [0.1, 0.15) is 0 Å². The fourth-order valence-electron chi connectivity index (χ4n) is 3.36. The zero-order valence-electron chi connectivity index (χ0n) is 12.0. The molecule has 2 heterocycles. The highest BCUT2D eigenvalue weighted by atomic mass is 16.2. The van der Waals surface area contributed by atoms with E-state index in [9.17, 15) is 4.79 Å². The Morgan fingerprint density at radius 1 is 1.33 bits per heavy atom. The van der Waals surface area contributed by atoms with E-state index < -0.39 is 0 Å². The molecule has 2 fully saturated rings. The molecular formula is C14H27N3O. The zero-order chi connectivity index (χ0) is 13.1. The molecule has 0 bridgehead atoms. The molecule has 0 radical (unpaired) electrons. The minimum Gasteiger partial charge on any atom is -0.341 e. The number of carbonyl (C=O) groups excluding carboxylic acids is 1. The van der Waals surface area contributed by atoms with Gasteiger partial charge in [-0.3, -0.25) is 9.69 Å². The maximum Gasteiger partial charge on any atom is 0.227 e. The Bertz CT molecular complexity index is 291. The summed E-state index contributed by atoms with van der Waals surface area (Å²) < 4.78 is 0. The number of nitrogens with one attached hydrogen (secondary N) is 1. The average molecular weight is 253 g/mol. The third kappa shape index (κ3) is 2.69. The molecule has 1 amide bonds. The molecule has 1 N–H and O–H groups in total. The van der Waals surface area contributed by atoms with Crippen molar-refractivity contribution in [2.24, 2.45) is 11.8 Å². The minimum atomic E-state index is 0.209. The van der Waals surface area contributed by atoms with E-state index in [-0.39, 0.29) is 5.92 Å². The fraction of sp³-hybridized carbons (Fsp3) is 0.929. The van der Waals surface area contributed by atoms with Gasteiger partial charge in [-0.1, -0.05) is 20.8 Å². The van der Waals surface area contributed by atoms with Crippen LogP contribution in [0.1, 0.15) is 27.2 Å². The maximum atomic E-state index is 12.5. The molecule has 0 aromatic rings. The summed E-state index contributed by atoms with van der Waals surface area (Å²) >= 11 is 0. The summed E-state index contributed by atoms with van der Waals surface area (Å²) in [4.78, 5) is 17.0. The van der Waals surface area contributed by atoms with Crippen LogP contribution >= 0.6 is 0 Å². The van der Waals surface area contributed by atoms with Gasteiger partial charge >= 0.3 is 0 Å². The molecule has 2 rings (SSSR count). The lowest BCUT2D eigenvalue weighted by Gasteiger charge is -2.27. The van der Waals surface area contributed by atoms with E-state index in [1.54, 1.807) is 0 Å². The van der Waals surface area contributed by atoms with E-state index in [1.165, 1.54) is 0 Å². The van der Waals surface area contributed by atoms with Crippen molar-refractivity contribution in [1.29, 1.82) is 0 Å². The van der Waals surface area contributed by atoms with E-state index >= 15 is 0 Å². The van der Waals surface area contributed by atoms with Crippen molar-refractivity contribution in [2.45, 2.75) is 33.2 Å². The Kier molecular flexibility index (Phi) is 4.62. The van der Waals surface area contributed by atoms with Gasteiger partial charge in [0.05, 0.1) is 5.92 Å². The number of hydrogen-bond acceptors (Lipinski definition) is 3. The largest absolute Gasteiger partial charge is 0.341 e. The van der Waals surface area contributed by atoms with Crippen molar-refractivity contribution in [3.05, 3.63) is 0 Å².